The third-order valence-corrected chi connectivity index (χ3v) is 7.53. The molecular weight excluding hydrogens is 538 g/mol. The Labute approximate surface area is 178 Å². The van der Waals surface area contributed by atoms with Gasteiger partial charge in [0.1, 0.15) is 30.1 Å². The van der Waals surface area contributed by atoms with Crippen LogP contribution in [0.25, 0.3) is 0 Å². The molecule has 0 amide bonds. The molecule has 1 saturated heterocycles. The molecule has 2 unspecified atom stereocenters. The van der Waals surface area contributed by atoms with E-state index in [-0.39, 0.29) is 0 Å². The van der Waals surface area contributed by atoms with Crippen LogP contribution in [0.2, 0.25) is 0 Å². The van der Waals surface area contributed by atoms with Crippen molar-refractivity contribution in [3.05, 3.63) is 32.1 Å². The number of aliphatic hydroxyl groups is 2. The number of alkyl halides is 3. The molecule has 17 nitrogen and oxygen atoms in total. The lowest BCUT2D eigenvalue weighted by Gasteiger charge is -2.19. The Kier molecular flexibility index (Phi) is 8.00. The Morgan fingerprint density at radius 3 is 2.03 bits per heavy atom. The first kappa shape index (κ1) is 28.0. The minimum Gasteiger partial charge on any atom is -0.387 e. The van der Waals surface area contributed by atoms with E-state index >= 15 is 0 Å². The molecule has 0 aromatic carbocycles. The summed E-state index contributed by atoms with van der Waals surface area (Å²) in [6.45, 7) is -1.33. The largest absolute Gasteiger partial charge is 0.490 e. The number of halogens is 3. The Morgan fingerprint density at radius 2 is 1.52 bits per heavy atom. The molecule has 0 saturated carbocycles. The molecule has 1 aliphatic rings. The summed E-state index contributed by atoms with van der Waals surface area (Å²) in [4.78, 5) is 61.1. The van der Waals surface area contributed by atoms with Gasteiger partial charge in [0.2, 0.25) is 0 Å². The van der Waals surface area contributed by atoms with Crippen molar-refractivity contribution in [2.75, 3.05) is 6.61 Å². The van der Waals surface area contributed by atoms with E-state index in [4.69, 9.17) is 19.4 Å². The predicted molar refractivity (Wildman–Crippen MR) is 92.1 cm³/mol. The number of aromatic amines is 2. The zero-order valence-electron chi connectivity index (χ0n) is 15.3. The third kappa shape index (κ3) is 7.37. The first-order chi connectivity index (χ1) is 14.7. The zero-order chi connectivity index (χ0) is 25.6. The van der Waals surface area contributed by atoms with Crippen molar-refractivity contribution in [1.29, 1.82) is 0 Å². The first-order valence-corrected chi connectivity index (χ1v) is 12.5. The molecule has 190 valence electrons. The third-order valence-electron chi connectivity index (χ3n) is 3.73. The van der Waals surface area contributed by atoms with E-state index in [1.54, 1.807) is 0 Å². The molecule has 1 aliphatic heterocycles. The Bertz CT molecular complexity index is 1140. The van der Waals surface area contributed by atoms with Gasteiger partial charge in [0.25, 0.3) is 5.56 Å². The van der Waals surface area contributed by atoms with Crippen LogP contribution in [0.4, 0.5) is 13.2 Å². The molecule has 1 fully saturated rings. The number of rotatable bonds is 8. The lowest BCUT2D eigenvalue weighted by atomic mass is 10.0. The molecule has 2 heterocycles. The average Bonchev–Trinajstić information content (AvgIpc) is 2.83. The van der Waals surface area contributed by atoms with Crippen molar-refractivity contribution < 1.29 is 74.5 Å². The SMILES string of the molecule is O=c1[nH]c(C(F)(F)F)c([C@@H]2O[C@H](COP(=O)(O)OP(=O)(O)OP(=O)(O)O)[C@@H](O)[C@H]2O)c(=O)[nH]1. The van der Waals surface area contributed by atoms with Crippen LogP contribution in [0, 0.1) is 0 Å². The minimum atomic E-state index is -5.88. The van der Waals surface area contributed by atoms with Gasteiger partial charge < -0.3 is 39.5 Å². The number of ether oxygens (including phenoxy) is 1. The van der Waals surface area contributed by atoms with Crippen LogP contribution in [-0.2, 0) is 37.8 Å². The second kappa shape index (κ2) is 9.43. The summed E-state index contributed by atoms with van der Waals surface area (Å²) in [5.41, 5.74) is -6.46. The average molecular weight is 552 g/mol. The molecule has 0 aliphatic carbocycles. The van der Waals surface area contributed by atoms with Gasteiger partial charge in [-0.3, -0.25) is 14.3 Å². The van der Waals surface area contributed by atoms with E-state index in [0.717, 1.165) is 0 Å². The second-order valence-corrected chi connectivity index (χ2v) is 10.6. The fraction of sp³-hybridized carbons (Fsp3) is 0.600. The Morgan fingerprint density at radius 1 is 0.939 bits per heavy atom. The lowest BCUT2D eigenvalue weighted by Crippen LogP contribution is -2.37. The molecule has 2 rings (SSSR count). The van der Waals surface area contributed by atoms with E-state index in [2.05, 4.69) is 13.1 Å². The second-order valence-electron chi connectivity index (χ2n) is 6.16. The number of nitrogens with one attached hydrogen (secondary N) is 2. The molecular formula is C10H14F3N2O15P3. The topological polar surface area (TPSA) is 275 Å². The van der Waals surface area contributed by atoms with E-state index in [0.29, 0.717) is 0 Å². The maximum Gasteiger partial charge on any atom is 0.490 e. The fourth-order valence-electron chi connectivity index (χ4n) is 2.59. The van der Waals surface area contributed by atoms with E-state index < -0.39 is 83.2 Å². The van der Waals surface area contributed by atoms with Gasteiger partial charge in [-0.2, -0.15) is 21.8 Å². The molecule has 23 heteroatoms. The van der Waals surface area contributed by atoms with Crippen molar-refractivity contribution in [2.45, 2.75) is 30.6 Å². The molecule has 0 bridgehead atoms. The highest BCUT2D eigenvalue weighted by molar-refractivity contribution is 7.66. The van der Waals surface area contributed by atoms with Gasteiger partial charge >= 0.3 is 35.3 Å². The number of phosphoric ester groups is 1. The molecule has 1 aromatic heterocycles. The van der Waals surface area contributed by atoms with E-state index in [1.807, 2.05) is 0 Å². The molecule has 0 radical (unpaired) electrons. The van der Waals surface area contributed by atoms with Crippen LogP contribution in [0.5, 0.6) is 0 Å². The highest BCUT2D eigenvalue weighted by atomic mass is 31.3. The van der Waals surface area contributed by atoms with E-state index in [1.165, 1.54) is 9.97 Å². The van der Waals surface area contributed by atoms with Crippen LogP contribution in [0.15, 0.2) is 9.59 Å². The highest BCUT2D eigenvalue weighted by Crippen LogP contribution is 2.66. The number of hydrogen-bond acceptors (Lipinski definition) is 11. The summed E-state index contributed by atoms with van der Waals surface area (Å²) in [6, 6.07) is 0. The van der Waals surface area contributed by atoms with Crippen LogP contribution >= 0.6 is 23.5 Å². The van der Waals surface area contributed by atoms with Crippen LogP contribution in [-0.4, -0.2) is 64.7 Å². The van der Waals surface area contributed by atoms with Crippen LogP contribution < -0.4 is 11.2 Å². The smallest absolute Gasteiger partial charge is 0.387 e. The number of H-pyrrole nitrogens is 2. The van der Waals surface area contributed by atoms with Crippen molar-refractivity contribution >= 4 is 23.5 Å². The van der Waals surface area contributed by atoms with E-state index in [9.17, 15) is 51.6 Å². The van der Waals surface area contributed by atoms with Gasteiger partial charge in [0, 0.05) is 0 Å². The fourth-order valence-corrected chi connectivity index (χ4v) is 5.62. The maximum absolute atomic E-state index is 13.2. The van der Waals surface area contributed by atoms with Crippen molar-refractivity contribution in [3.63, 3.8) is 0 Å². The zero-order valence-corrected chi connectivity index (χ0v) is 18.0. The van der Waals surface area contributed by atoms with Crippen LogP contribution in [0.1, 0.15) is 17.4 Å². The molecule has 33 heavy (non-hydrogen) atoms. The first-order valence-electron chi connectivity index (χ1n) is 7.96. The van der Waals surface area contributed by atoms with Gasteiger partial charge in [0.15, 0.2) is 0 Å². The number of phosphoric acid groups is 3. The number of hydrogen-bond donors (Lipinski definition) is 8. The summed E-state index contributed by atoms with van der Waals surface area (Å²) in [7, 11) is -17.2. The van der Waals surface area contributed by atoms with Crippen LogP contribution in [0.3, 0.4) is 0 Å². The Balaban J connectivity index is 2.22. The highest BCUT2D eigenvalue weighted by Gasteiger charge is 2.50. The summed E-state index contributed by atoms with van der Waals surface area (Å²) in [5, 5.41) is 20.0. The van der Waals surface area contributed by atoms with Crippen molar-refractivity contribution in [3.8, 4) is 0 Å². The van der Waals surface area contributed by atoms with Crippen molar-refractivity contribution in [1.82, 2.24) is 9.97 Å². The summed E-state index contributed by atoms with van der Waals surface area (Å²) < 4.78 is 89.1. The standard InChI is InChI=1S/C10H14F3N2O15P3/c11-10(12,13)7-3(8(18)15-9(19)14-7)6-5(17)4(16)2(28-6)1-27-32(23,24)30-33(25,26)29-31(20,21)22/h2,4-6,16-17H,1H2,(H,23,24)(H,25,26)(H2,20,21,22)(H2,14,15,18,19)/t2-,4-,5-,6+/m1/s1. The quantitative estimate of drug-likeness (QED) is 0.172. The molecule has 8 N–H and O–H groups in total. The maximum atomic E-state index is 13.2. The summed E-state index contributed by atoms with van der Waals surface area (Å²) >= 11 is 0. The monoisotopic (exact) mass is 552 g/mol. The molecule has 6 atom stereocenters. The van der Waals surface area contributed by atoms with Gasteiger partial charge in [0.05, 0.1) is 12.2 Å². The summed E-state index contributed by atoms with van der Waals surface area (Å²) in [5.74, 6) is 0. The lowest BCUT2D eigenvalue weighted by molar-refractivity contribution is -0.144. The normalized spacial score (nSPS) is 27.8. The number of aliphatic hydroxyl groups excluding tert-OH is 2. The Hall–Kier alpha value is -1.24. The summed E-state index contributed by atoms with van der Waals surface area (Å²) in [6.07, 6.45) is -14.0. The van der Waals surface area contributed by atoms with Crippen molar-refractivity contribution in [2.24, 2.45) is 0 Å². The molecule has 1 aromatic rings. The van der Waals surface area contributed by atoms with Gasteiger partial charge in [-0.25, -0.2) is 18.5 Å². The minimum absolute atomic E-state index is 1.30. The van der Waals surface area contributed by atoms with Gasteiger partial charge in [-0.1, -0.05) is 0 Å². The van der Waals surface area contributed by atoms with Gasteiger partial charge in [-0.05, 0) is 0 Å². The predicted octanol–water partition coefficient (Wildman–Crippen LogP) is -1.41. The number of aromatic nitrogens is 2. The molecule has 0 spiro atoms. The van der Waals surface area contributed by atoms with Gasteiger partial charge in [-0.15, -0.1) is 0 Å².